The van der Waals surface area contributed by atoms with E-state index in [0.717, 1.165) is 15.6 Å². The summed E-state index contributed by atoms with van der Waals surface area (Å²) < 4.78 is 0.987. The van der Waals surface area contributed by atoms with Gasteiger partial charge in [-0.25, -0.2) is 10.1 Å². The van der Waals surface area contributed by atoms with Gasteiger partial charge in [0.1, 0.15) is 6.33 Å². The number of carbonyl (C=O) groups excluding carboxylic acids is 1. The molecule has 0 unspecified atom stereocenters. The Morgan fingerprint density at radius 1 is 1.04 bits per heavy atom. The van der Waals surface area contributed by atoms with Crippen LogP contribution in [0.4, 0.5) is 5.95 Å². The Bertz CT molecular complexity index is 973. The molecular formula is C18H11BrN4O. The highest BCUT2D eigenvalue weighted by atomic mass is 79.9. The first-order chi connectivity index (χ1) is 11.7. The third-order valence-corrected chi connectivity index (χ3v) is 4.26. The Balaban J connectivity index is 1.88. The molecule has 0 spiro atoms. The van der Waals surface area contributed by atoms with Gasteiger partial charge in [-0.2, -0.15) is 10.1 Å². The van der Waals surface area contributed by atoms with Crippen LogP contribution in [-0.2, 0) is 0 Å². The van der Waals surface area contributed by atoms with E-state index in [2.05, 4.69) is 36.1 Å². The zero-order chi connectivity index (χ0) is 16.5. The summed E-state index contributed by atoms with van der Waals surface area (Å²) >= 11 is 3.41. The van der Waals surface area contributed by atoms with E-state index >= 15 is 0 Å². The quantitative estimate of drug-likeness (QED) is 0.685. The lowest BCUT2D eigenvalue weighted by Crippen LogP contribution is -2.02. The van der Waals surface area contributed by atoms with Crippen molar-refractivity contribution in [3.8, 4) is 0 Å². The number of allylic oxidation sites excluding steroid dienone is 1. The van der Waals surface area contributed by atoms with Crippen LogP contribution in [0.15, 0.2) is 69.9 Å². The van der Waals surface area contributed by atoms with Gasteiger partial charge in [-0.1, -0.05) is 52.3 Å². The highest BCUT2D eigenvalue weighted by Crippen LogP contribution is 2.30. The molecule has 0 aliphatic heterocycles. The molecule has 0 saturated carbocycles. The van der Waals surface area contributed by atoms with E-state index in [1.807, 2.05) is 54.6 Å². The average molecular weight is 379 g/mol. The highest BCUT2D eigenvalue weighted by molar-refractivity contribution is 9.10. The topological polar surface area (TPSA) is 71.0 Å². The summed E-state index contributed by atoms with van der Waals surface area (Å²) in [6, 6.07) is 15.2. The number of hydrogen-bond acceptors (Lipinski definition) is 4. The van der Waals surface area contributed by atoms with E-state index < -0.39 is 0 Å². The molecule has 116 valence electrons. The Labute approximate surface area is 146 Å². The van der Waals surface area contributed by atoms with Gasteiger partial charge < -0.3 is 0 Å². The van der Waals surface area contributed by atoms with Crippen LogP contribution in [0.25, 0.3) is 6.08 Å². The minimum Gasteiger partial charge on any atom is -0.289 e. The molecule has 0 radical (unpaired) electrons. The summed E-state index contributed by atoms with van der Waals surface area (Å²) in [5, 5.41) is 6.51. The monoisotopic (exact) mass is 378 g/mol. The number of halogens is 1. The van der Waals surface area contributed by atoms with Crippen LogP contribution < -0.4 is 0 Å². The lowest BCUT2D eigenvalue weighted by Gasteiger charge is -2.01. The number of hydrogen-bond donors (Lipinski definition) is 1. The van der Waals surface area contributed by atoms with Crippen LogP contribution in [0.5, 0.6) is 0 Å². The van der Waals surface area contributed by atoms with Crippen LogP contribution >= 0.6 is 15.9 Å². The Morgan fingerprint density at radius 2 is 1.79 bits per heavy atom. The molecule has 24 heavy (non-hydrogen) atoms. The molecule has 0 atom stereocenters. The van der Waals surface area contributed by atoms with Gasteiger partial charge in [-0.3, -0.25) is 4.79 Å². The van der Waals surface area contributed by atoms with Crippen LogP contribution in [0.2, 0.25) is 0 Å². The fourth-order valence-electron chi connectivity index (χ4n) is 2.62. The van der Waals surface area contributed by atoms with Crippen molar-refractivity contribution < 1.29 is 4.79 Å². The predicted octanol–water partition coefficient (Wildman–Crippen LogP) is 3.97. The van der Waals surface area contributed by atoms with Crippen LogP contribution in [0.3, 0.4) is 0 Å². The second-order valence-electron chi connectivity index (χ2n) is 5.25. The summed E-state index contributed by atoms with van der Waals surface area (Å²) in [5.74, 6) is 0.336. The zero-order valence-corrected chi connectivity index (χ0v) is 14.0. The SMILES string of the molecule is O=C1C(=C/c2ccc(Br)cc2)/C(=N/c2ncn[nH]2)c2ccccc21. The number of nitrogens with one attached hydrogen (secondary N) is 1. The van der Waals surface area contributed by atoms with Gasteiger partial charge in [0.2, 0.25) is 5.95 Å². The number of carbonyl (C=O) groups is 1. The van der Waals surface area contributed by atoms with E-state index in [0.29, 0.717) is 22.8 Å². The molecule has 5 nitrogen and oxygen atoms in total. The van der Waals surface area contributed by atoms with Gasteiger partial charge in [0.05, 0.1) is 5.71 Å². The lowest BCUT2D eigenvalue weighted by molar-refractivity contribution is 0.104. The number of rotatable bonds is 2. The van der Waals surface area contributed by atoms with Gasteiger partial charge in [0, 0.05) is 21.2 Å². The summed E-state index contributed by atoms with van der Waals surface area (Å²) in [6.45, 7) is 0. The minimum atomic E-state index is -0.0354. The fraction of sp³-hybridized carbons (Fsp3) is 0. The molecule has 1 aliphatic rings. The van der Waals surface area contributed by atoms with Crippen molar-refractivity contribution >= 4 is 39.4 Å². The normalized spacial score (nSPS) is 16.8. The average Bonchev–Trinajstić information content (AvgIpc) is 3.20. The maximum Gasteiger partial charge on any atom is 0.245 e. The van der Waals surface area contributed by atoms with Gasteiger partial charge in [0.25, 0.3) is 0 Å². The minimum absolute atomic E-state index is 0.0354. The third-order valence-electron chi connectivity index (χ3n) is 3.73. The lowest BCUT2D eigenvalue weighted by atomic mass is 10.1. The van der Waals surface area contributed by atoms with E-state index in [9.17, 15) is 4.79 Å². The van der Waals surface area contributed by atoms with Crippen LogP contribution in [0, 0.1) is 0 Å². The van der Waals surface area contributed by atoms with Crippen LogP contribution in [-0.4, -0.2) is 26.7 Å². The molecular weight excluding hydrogens is 368 g/mol. The maximum atomic E-state index is 12.8. The summed E-state index contributed by atoms with van der Waals surface area (Å²) in [7, 11) is 0. The maximum absolute atomic E-state index is 12.8. The summed E-state index contributed by atoms with van der Waals surface area (Å²) in [5.41, 5.74) is 3.55. The van der Waals surface area contributed by atoms with Crippen molar-refractivity contribution in [2.45, 2.75) is 0 Å². The van der Waals surface area contributed by atoms with Crippen molar-refractivity contribution in [2.75, 3.05) is 0 Å². The molecule has 0 saturated heterocycles. The largest absolute Gasteiger partial charge is 0.289 e. The predicted molar refractivity (Wildman–Crippen MR) is 95.5 cm³/mol. The first kappa shape index (κ1) is 14.7. The van der Waals surface area contributed by atoms with Gasteiger partial charge in [-0.05, 0) is 23.8 Å². The molecule has 1 N–H and O–H groups in total. The number of ketones is 1. The number of aromatic amines is 1. The number of fused-ring (bicyclic) bond motifs is 1. The van der Waals surface area contributed by atoms with E-state index in [4.69, 9.17) is 0 Å². The number of benzene rings is 2. The Kier molecular flexibility index (Phi) is 3.66. The van der Waals surface area contributed by atoms with Crippen molar-refractivity contribution in [3.63, 3.8) is 0 Å². The Hall–Kier alpha value is -2.86. The molecule has 1 heterocycles. The molecule has 1 aromatic heterocycles. The summed E-state index contributed by atoms with van der Waals surface area (Å²) in [6.07, 6.45) is 3.24. The smallest absolute Gasteiger partial charge is 0.245 e. The van der Waals surface area contributed by atoms with Crippen molar-refractivity contribution in [2.24, 2.45) is 4.99 Å². The fourth-order valence-corrected chi connectivity index (χ4v) is 2.89. The first-order valence-corrected chi connectivity index (χ1v) is 8.07. The third kappa shape index (κ3) is 2.61. The number of aliphatic imine (C=N–C) groups is 1. The zero-order valence-electron chi connectivity index (χ0n) is 12.4. The van der Waals surface area contributed by atoms with Gasteiger partial charge in [0.15, 0.2) is 5.78 Å². The highest BCUT2D eigenvalue weighted by Gasteiger charge is 2.31. The number of Topliss-reactive ketones (excluding diaryl/α,β-unsaturated/α-hetero) is 1. The second-order valence-corrected chi connectivity index (χ2v) is 6.17. The standard InChI is InChI=1S/C18H11BrN4O/c19-12-7-5-11(6-8-12)9-15-16(22-18-20-10-21-23-18)13-3-1-2-4-14(13)17(15)24/h1-10H,(H,20,21,23)/b15-9+,22-16+. The number of nitrogens with zero attached hydrogens (tertiary/aromatic N) is 3. The Morgan fingerprint density at radius 3 is 2.50 bits per heavy atom. The van der Waals surface area contributed by atoms with E-state index in [1.54, 1.807) is 0 Å². The number of H-pyrrole nitrogens is 1. The van der Waals surface area contributed by atoms with Crippen molar-refractivity contribution in [1.82, 2.24) is 15.2 Å². The van der Waals surface area contributed by atoms with Gasteiger partial charge >= 0.3 is 0 Å². The summed E-state index contributed by atoms with van der Waals surface area (Å²) in [4.78, 5) is 21.3. The van der Waals surface area contributed by atoms with Crippen LogP contribution in [0.1, 0.15) is 21.5 Å². The van der Waals surface area contributed by atoms with Crippen molar-refractivity contribution in [1.29, 1.82) is 0 Å². The molecule has 0 bridgehead atoms. The second kappa shape index (κ2) is 5.98. The molecule has 2 aromatic carbocycles. The molecule has 6 heteroatoms. The van der Waals surface area contributed by atoms with E-state index in [1.165, 1.54) is 6.33 Å². The van der Waals surface area contributed by atoms with E-state index in [-0.39, 0.29) is 5.78 Å². The molecule has 4 rings (SSSR count). The molecule has 3 aromatic rings. The number of aromatic nitrogens is 3. The van der Waals surface area contributed by atoms with Crippen molar-refractivity contribution in [3.05, 3.63) is 81.6 Å². The molecule has 1 aliphatic carbocycles. The molecule has 0 amide bonds. The van der Waals surface area contributed by atoms with Gasteiger partial charge in [-0.15, -0.1) is 0 Å². The first-order valence-electron chi connectivity index (χ1n) is 7.28. The molecule has 0 fully saturated rings.